The fourth-order valence-corrected chi connectivity index (χ4v) is 3.08. The van der Waals surface area contributed by atoms with Gasteiger partial charge in [0.15, 0.2) is 0 Å². The van der Waals surface area contributed by atoms with Gasteiger partial charge >= 0.3 is 0 Å². The Labute approximate surface area is 112 Å². The molecule has 1 unspecified atom stereocenters. The van der Waals surface area contributed by atoms with E-state index in [-0.39, 0.29) is 0 Å². The Kier molecular flexibility index (Phi) is 2.69. The SMILES string of the molecule is c1cc2occc2c(NCC2CCN(C3CC3)C2)n1. The molecule has 2 aromatic rings. The van der Waals surface area contributed by atoms with E-state index in [1.165, 1.54) is 32.4 Å². The van der Waals surface area contributed by atoms with Crippen LogP contribution < -0.4 is 5.32 Å². The molecule has 2 fully saturated rings. The molecule has 1 saturated carbocycles. The maximum atomic E-state index is 5.40. The third-order valence-electron chi connectivity index (χ3n) is 4.32. The summed E-state index contributed by atoms with van der Waals surface area (Å²) in [6, 6.07) is 4.79. The van der Waals surface area contributed by atoms with Crippen molar-refractivity contribution >= 4 is 16.8 Å². The van der Waals surface area contributed by atoms with Gasteiger partial charge < -0.3 is 14.6 Å². The fraction of sp³-hybridized carbons (Fsp3) is 0.533. The minimum atomic E-state index is 0.754. The molecule has 2 aromatic heterocycles. The molecule has 1 aliphatic heterocycles. The Balaban J connectivity index is 1.40. The predicted octanol–water partition coefficient (Wildman–Crippen LogP) is 2.72. The summed E-state index contributed by atoms with van der Waals surface area (Å²) < 4.78 is 5.40. The van der Waals surface area contributed by atoms with Crippen LogP contribution in [0.15, 0.2) is 29.0 Å². The molecule has 4 rings (SSSR count). The average Bonchev–Trinajstić information content (AvgIpc) is 3.00. The fourth-order valence-electron chi connectivity index (χ4n) is 3.08. The van der Waals surface area contributed by atoms with Crippen molar-refractivity contribution in [2.24, 2.45) is 5.92 Å². The second-order valence-electron chi connectivity index (χ2n) is 5.75. The van der Waals surface area contributed by atoms with Crippen molar-refractivity contribution in [3.05, 3.63) is 24.6 Å². The summed E-state index contributed by atoms with van der Waals surface area (Å²) >= 11 is 0. The molecule has 1 saturated heterocycles. The number of hydrogen-bond donors (Lipinski definition) is 1. The third kappa shape index (κ3) is 2.21. The average molecular weight is 257 g/mol. The highest BCUT2D eigenvalue weighted by molar-refractivity contribution is 5.87. The van der Waals surface area contributed by atoms with E-state index in [1.54, 1.807) is 12.5 Å². The topological polar surface area (TPSA) is 41.3 Å². The molecule has 100 valence electrons. The summed E-state index contributed by atoms with van der Waals surface area (Å²) in [5, 5.41) is 4.58. The minimum Gasteiger partial charge on any atom is -0.464 e. The molecule has 0 radical (unpaired) electrons. The molecule has 1 N–H and O–H groups in total. The van der Waals surface area contributed by atoms with E-state index in [0.717, 1.165) is 35.3 Å². The Morgan fingerprint density at radius 2 is 2.26 bits per heavy atom. The van der Waals surface area contributed by atoms with Crippen LogP contribution in [0.2, 0.25) is 0 Å². The molecule has 0 aromatic carbocycles. The molecule has 3 heterocycles. The van der Waals surface area contributed by atoms with Crippen LogP contribution in [-0.4, -0.2) is 35.6 Å². The van der Waals surface area contributed by atoms with Crippen molar-refractivity contribution in [3.8, 4) is 0 Å². The van der Waals surface area contributed by atoms with Crippen molar-refractivity contribution < 1.29 is 4.42 Å². The van der Waals surface area contributed by atoms with Gasteiger partial charge in [-0.25, -0.2) is 4.98 Å². The number of nitrogens with one attached hydrogen (secondary N) is 1. The normalized spacial score (nSPS) is 24.1. The van der Waals surface area contributed by atoms with Crippen molar-refractivity contribution in [3.63, 3.8) is 0 Å². The van der Waals surface area contributed by atoms with Crippen LogP contribution in [0.1, 0.15) is 19.3 Å². The van der Waals surface area contributed by atoms with E-state index >= 15 is 0 Å². The molecule has 0 amide bonds. The number of fused-ring (bicyclic) bond motifs is 1. The van der Waals surface area contributed by atoms with Gasteiger partial charge in [0.2, 0.25) is 0 Å². The number of aromatic nitrogens is 1. The Hall–Kier alpha value is -1.55. The first kappa shape index (κ1) is 11.3. The number of rotatable bonds is 4. The molecule has 4 nitrogen and oxygen atoms in total. The zero-order valence-corrected chi connectivity index (χ0v) is 11.0. The Bertz CT molecular complexity index is 576. The number of likely N-dealkylation sites (tertiary alicyclic amines) is 1. The van der Waals surface area contributed by atoms with E-state index in [1.807, 2.05) is 12.1 Å². The summed E-state index contributed by atoms with van der Waals surface area (Å²) in [6.45, 7) is 3.54. The lowest BCUT2D eigenvalue weighted by atomic mass is 10.1. The smallest absolute Gasteiger partial charge is 0.139 e. The van der Waals surface area contributed by atoms with Crippen LogP contribution in [0.5, 0.6) is 0 Å². The monoisotopic (exact) mass is 257 g/mol. The van der Waals surface area contributed by atoms with E-state index < -0.39 is 0 Å². The van der Waals surface area contributed by atoms with Crippen LogP contribution in [-0.2, 0) is 0 Å². The van der Waals surface area contributed by atoms with Crippen LogP contribution in [0, 0.1) is 5.92 Å². The van der Waals surface area contributed by atoms with Gasteiger partial charge in [-0.15, -0.1) is 0 Å². The first-order valence-corrected chi connectivity index (χ1v) is 7.20. The van der Waals surface area contributed by atoms with Crippen molar-refractivity contribution in [1.29, 1.82) is 0 Å². The zero-order valence-electron chi connectivity index (χ0n) is 11.0. The van der Waals surface area contributed by atoms with E-state index in [2.05, 4.69) is 15.2 Å². The highest BCUT2D eigenvalue weighted by Gasteiger charge is 2.34. The van der Waals surface area contributed by atoms with Crippen molar-refractivity contribution in [2.75, 3.05) is 25.0 Å². The molecule has 1 aliphatic carbocycles. The minimum absolute atomic E-state index is 0.754. The first-order valence-electron chi connectivity index (χ1n) is 7.20. The van der Waals surface area contributed by atoms with E-state index in [4.69, 9.17) is 4.42 Å². The van der Waals surface area contributed by atoms with Gasteiger partial charge in [0, 0.05) is 25.3 Å². The maximum absolute atomic E-state index is 5.40. The van der Waals surface area contributed by atoms with E-state index in [9.17, 15) is 0 Å². The van der Waals surface area contributed by atoms with Gasteiger partial charge in [0.25, 0.3) is 0 Å². The Morgan fingerprint density at radius 3 is 3.16 bits per heavy atom. The summed E-state index contributed by atoms with van der Waals surface area (Å²) in [5.41, 5.74) is 0.906. The van der Waals surface area contributed by atoms with Crippen molar-refractivity contribution in [2.45, 2.75) is 25.3 Å². The number of hydrogen-bond acceptors (Lipinski definition) is 4. The first-order chi connectivity index (χ1) is 9.40. The summed E-state index contributed by atoms with van der Waals surface area (Å²) in [5.74, 6) is 1.71. The molecule has 4 heteroatoms. The molecular weight excluding hydrogens is 238 g/mol. The lowest BCUT2D eigenvalue weighted by molar-refractivity contribution is 0.316. The summed E-state index contributed by atoms with van der Waals surface area (Å²) in [6.07, 6.45) is 7.66. The van der Waals surface area contributed by atoms with Gasteiger partial charge in [-0.05, 0) is 43.9 Å². The van der Waals surface area contributed by atoms with Crippen LogP contribution in [0.4, 0.5) is 5.82 Å². The van der Waals surface area contributed by atoms with Gasteiger partial charge in [0.05, 0.1) is 11.6 Å². The molecule has 0 spiro atoms. The molecule has 19 heavy (non-hydrogen) atoms. The molecule has 1 atom stereocenters. The van der Waals surface area contributed by atoms with Crippen LogP contribution in [0.3, 0.4) is 0 Å². The second kappa shape index (κ2) is 4.53. The van der Waals surface area contributed by atoms with Gasteiger partial charge in [-0.2, -0.15) is 0 Å². The Morgan fingerprint density at radius 1 is 1.32 bits per heavy atom. The quantitative estimate of drug-likeness (QED) is 0.914. The molecule has 0 bridgehead atoms. The van der Waals surface area contributed by atoms with Gasteiger partial charge in [-0.3, -0.25) is 0 Å². The zero-order chi connectivity index (χ0) is 12.7. The van der Waals surface area contributed by atoms with Gasteiger partial charge in [-0.1, -0.05) is 0 Å². The molecule has 2 aliphatic rings. The largest absolute Gasteiger partial charge is 0.464 e. The number of anilines is 1. The molecular formula is C15H19N3O. The second-order valence-corrected chi connectivity index (χ2v) is 5.75. The van der Waals surface area contributed by atoms with Crippen molar-refractivity contribution in [1.82, 2.24) is 9.88 Å². The number of furan rings is 1. The maximum Gasteiger partial charge on any atom is 0.139 e. The van der Waals surface area contributed by atoms with Gasteiger partial charge in [0.1, 0.15) is 11.4 Å². The van der Waals surface area contributed by atoms with Crippen LogP contribution >= 0.6 is 0 Å². The lowest BCUT2D eigenvalue weighted by Crippen LogP contribution is -2.24. The van der Waals surface area contributed by atoms with E-state index in [0.29, 0.717) is 0 Å². The summed E-state index contributed by atoms with van der Waals surface area (Å²) in [4.78, 5) is 7.07. The summed E-state index contributed by atoms with van der Waals surface area (Å²) in [7, 11) is 0. The standard InChI is InChI=1S/C15H19N3O/c1-2-12(1)18-7-4-11(10-18)9-17-15-13-5-8-19-14(13)3-6-16-15/h3,5-6,8,11-12H,1-2,4,7,9-10H2,(H,16,17). The highest BCUT2D eigenvalue weighted by atomic mass is 16.3. The lowest BCUT2D eigenvalue weighted by Gasteiger charge is -2.15. The van der Waals surface area contributed by atoms with Crippen LogP contribution in [0.25, 0.3) is 11.0 Å². The predicted molar refractivity (Wildman–Crippen MR) is 75.2 cm³/mol. The number of nitrogens with zero attached hydrogens (tertiary/aromatic N) is 2. The number of pyridine rings is 1. The highest BCUT2D eigenvalue weighted by Crippen LogP contribution is 2.32. The third-order valence-corrected chi connectivity index (χ3v) is 4.32.